The number of ether oxygens (including phenoxy) is 1. The minimum absolute atomic E-state index is 0.174. The fourth-order valence-electron chi connectivity index (χ4n) is 1.87. The Labute approximate surface area is 114 Å². The van der Waals surface area contributed by atoms with Crippen molar-refractivity contribution in [3.8, 4) is 0 Å². The molecule has 0 aliphatic heterocycles. The summed E-state index contributed by atoms with van der Waals surface area (Å²) >= 11 is 2.27. The number of aromatic amines is 1. The van der Waals surface area contributed by atoms with Gasteiger partial charge in [-0.05, 0) is 60.2 Å². The number of carbonyl (C=O) groups is 1. The zero-order valence-corrected chi connectivity index (χ0v) is 11.9. The third-order valence-corrected chi connectivity index (χ3v) is 3.45. The van der Waals surface area contributed by atoms with Crippen LogP contribution in [-0.4, -0.2) is 17.6 Å². The van der Waals surface area contributed by atoms with Gasteiger partial charge >= 0.3 is 5.97 Å². The van der Waals surface area contributed by atoms with Gasteiger partial charge in [0.15, 0.2) is 0 Å². The molecule has 2 aromatic rings. The number of carbonyl (C=O) groups excluding carboxylic acids is 1. The summed E-state index contributed by atoms with van der Waals surface area (Å²) in [6, 6.07) is 6.15. The topological polar surface area (TPSA) is 42.1 Å². The molecule has 0 saturated carbocycles. The molecule has 1 N–H and O–H groups in total. The second-order valence-corrected chi connectivity index (χ2v) is 5.15. The van der Waals surface area contributed by atoms with Crippen LogP contribution in [-0.2, 0) is 9.53 Å². The van der Waals surface area contributed by atoms with Crippen molar-refractivity contribution in [1.82, 2.24) is 4.98 Å². The van der Waals surface area contributed by atoms with E-state index >= 15 is 0 Å². The zero-order chi connectivity index (χ0) is 12.4. The Balaban J connectivity index is 2.41. The molecule has 3 nitrogen and oxygen atoms in total. The Morgan fingerprint density at radius 3 is 3.00 bits per heavy atom. The van der Waals surface area contributed by atoms with Crippen LogP contribution in [0.2, 0.25) is 0 Å². The lowest BCUT2D eigenvalue weighted by molar-refractivity contribution is -0.144. The van der Waals surface area contributed by atoms with Crippen LogP contribution in [0, 0.1) is 3.57 Å². The van der Waals surface area contributed by atoms with E-state index in [4.69, 9.17) is 4.74 Å². The SMILES string of the molecule is CCOC(=O)C(C)c1c[nH]c2ccc(I)cc12. The molecule has 0 spiro atoms. The molecule has 0 bridgehead atoms. The average molecular weight is 343 g/mol. The second-order valence-electron chi connectivity index (χ2n) is 3.91. The normalized spacial score (nSPS) is 12.6. The maximum Gasteiger partial charge on any atom is 0.313 e. The van der Waals surface area contributed by atoms with Crippen LogP contribution >= 0.6 is 22.6 Å². The summed E-state index contributed by atoms with van der Waals surface area (Å²) in [4.78, 5) is 14.9. The highest BCUT2D eigenvalue weighted by atomic mass is 127. The van der Waals surface area contributed by atoms with Crippen molar-refractivity contribution in [2.24, 2.45) is 0 Å². The molecule has 1 atom stereocenters. The summed E-state index contributed by atoms with van der Waals surface area (Å²) in [5, 5.41) is 1.09. The van der Waals surface area contributed by atoms with Crippen molar-refractivity contribution in [1.29, 1.82) is 0 Å². The lowest BCUT2D eigenvalue weighted by atomic mass is 10.0. The molecule has 1 heterocycles. The van der Waals surface area contributed by atoms with E-state index in [1.165, 1.54) is 0 Å². The van der Waals surface area contributed by atoms with Crippen molar-refractivity contribution in [3.63, 3.8) is 0 Å². The maximum atomic E-state index is 11.7. The first-order chi connectivity index (χ1) is 8.13. The summed E-state index contributed by atoms with van der Waals surface area (Å²) in [5.74, 6) is -0.408. The first-order valence-corrected chi connectivity index (χ1v) is 6.64. The average Bonchev–Trinajstić information content (AvgIpc) is 2.71. The largest absolute Gasteiger partial charge is 0.466 e. The number of H-pyrrole nitrogens is 1. The number of fused-ring (bicyclic) bond motifs is 1. The molecular weight excluding hydrogens is 329 g/mol. The third kappa shape index (κ3) is 2.46. The van der Waals surface area contributed by atoms with Crippen molar-refractivity contribution in [2.75, 3.05) is 6.61 Å². The highest BCUT2D eigenvalue weighted by Crippen LogP contribution is 2.27. The van der Waals surface area contributed by atoms with Gasteiger partial charge in [-0.2, -0.15) is 0 Å². The number of rotatable bonds is 3. The van der Waals surface area contributed by atoms with Gasteiger partial charge < -0.3 is 9.72 Å². The molecular formula is C13H14INO2. The summed E-state index contributed by atoms with van der Waals surface area (Å²) in [7, 11) is 0. The quantitative estimate of drug-likeness (QED) is 0.685. The predicted octanol–water partition coefficient (Wildman–Crippen LogP) is 3.44. The lowest BCUT2D eigenvalue weighted by Gasteiger charge is -2.09. The number of nitrogens with one attached hydrogen (secondary N) is 1. The molecule has 0 aliphatic rings. The Kier molecular flexibility index (Phi) is 3.71. The smallest absolute Gasteiger partial charge is 0.313 e. The van der Waals surface area contributed by atoms with E-state index in [2.05, 4.69) is 33.6 Å². The fourth-order valence-corrected chi connectivity index (χ4v) is 2.36. The number of benzene rings is 1. The Morgan fingerprint density at radius 2 is 2.29 bits per heavy atom. The van der Waals surface area contributed by atoms with Crippen LogP contribution < -0.4 is 0 Å². The fraction of sp³-hybridized carbons (Fsp3) is 0.308. The van der Waals surface area contributed by atoms with Crippen LogP contribution in [0.4, 0.5) is 0 Å². The van der Waals surface area contributed by atoms with E-state index in [1.54, 1.807) is 0 Å². The number of halogens is 1. The zero-order valence-electron chi connectivity index (χ0n) is 9.79. The molecule has 1 aromatic heterocycles. The number of hydrogen-bond donors (Lipinski definition) is 1. The van der Waals surface area contributed by atoms with Gasteiger partial charge in [0.2, 0.25) is 0 Å². The highest BCUT2D eigenvalue weighted by Gasteiger charge is 2.19. The van der Waals surface area contributed by atoms with Gasteiger partial charge in [-0.3, -0.25) is 4.79 Å². The Bertz CT molecular complexity index is 547. The molecule has 2 rings (SSSR count). The van der Waals surface area contributed by atoms with Gasteiger partial charge in [0.1, 0.15) is 0 Å². The minimum atomic E-state index is -0.234. The summed E-state index contributed by atoms with van der Waals surface area (Å²) in [5.41, 5.74) is 2.05. The molecule has 0 radical (unpaired) electrons. The Hall–Kier alpha value is -1.04. The molecule has 1 aromatic carbocycles. The van der Waals surface area contributed by atoms with Crippen LogP contribution in [0.25, 0.3) is 10.9 Å². The number of aromatic nitrogens is 1. The van der Waals surface area contributed by atoms with Gasteiger partial charge in [-0.1, -0.05) is 0 Å². The standard InChI is InChI=1S/C13H14INO2/c1-3-17-13(16)8(2)11-7-15-12-5-4-9(14)6-10(11)12/h4-8,15H,3H2,1-2H3. The van der Waals surface area contributed by atoms with Gasteiger partial charge in [0, 0.05) is 20.7 Å². The maximum absolute atomic E-state index is 11.7. The van der Waals surface area contributed by atoms with E-state index < -0.39 is 0 Å². The van der Waals surface area contributed by atoms with Gasteiger partial charge in [-0.15, -0.1) is 0 Å². The number of hydrogen-bond acceptors (Lipinski definition) is 2. The summed E-state index contributed by atoms with van der Waals surface area (Å²) in [6.45, 7) is 4.12. The first kappa shape index (κ1) is 12.4. The molecule has 17 heavy (non-hydrogen) atoms. The van der Waals surface area contributed by atoms with Crippen LogP contribution in [0.15, 0.2) is 24.4 Å². The van der Waals surface area contributed by atoms with E-state index in [9.17, 15) is 4.79 Å². The van der Waals surface area contributed by atoms with Crippen molar-refractivity contribution >= 4 is 39.5 Å². The minimum Gasteiger partial charge on any atom is -0.466 e. The third-order valence-electron chi connectivity index (χ3n) is 2.78. The monoisotopic (exact) mass is 343 g/mol. The molecule has 0 aliphatic carbocycles. The molecule has 0 amide bonds. The van der Waals surface area contributed by atoms with Crippen molar-refractivity contribution in [3.05, 3.63) is 33.5 Å². The van der Waals surface area contributed by atoms with Crippen LogP contribution in [0.3, 0.4) is 0 Å². The van der Waals surface area contributed by atoms with Crippen LogP contribution in [0.5, 0.6) is 0 Å². The lowest BCUT2D eigenvalue weighted by Crippen LogP contribution is -2.12. The van der Waals surface area contributed by atoms with Gasteiger partial charge in [0.05, 0.1) is 12.5 Å². The first-order valence-electron chi connectivity index (χ1n) is 5.56. The molecule has 90 valence electrons. The summed E-state index contributed by atoms with van der Waals surface area (Å²) < 4.78 is 6.21. The molecule has 0 saturated heterocycles. The van der Waals surface area contributed by atoms with E-state index in [-0.39, 0.29) is 11.9 Å². The molecule has 1 unspecified atom stereocenters. The van der Waals surface area contributed by atoms with Gasteiger partial charge in [-0.25, -0.2) is 0 Å². The van der Waals surface area contributed by atoms with Crippen molar-refractivity contribution < 1.29 is 9.53 Å². The second kappa shape index (κ2) is 5.08. The predicted molar refractivity (Wildman–Crippen MR) is 76.1 cm³/mol. The van der Waals surface area contributed by atoms with Gasteiger partial charge in [0.25, 0.3) is 0 Å². The molecule has 0 fully saturated rings. The van der Waals surface area contributed by atoms with E-state index in [0.717, 1.165) is 20.0 Å². The highest BCUT2D eigenvalue weighted by molar-refractivity contribution is 14.1. The Morgan fingerprint density at radius 1 is 1.53 bits per heavy atom. The molecule has 4 heteroatoms. The van der Waals surface area contributed by atoms with Crippen molar-refractivity contribution in [2.45, 2.75) is 19.8 Å². The van der Waals surface area contributed by atoms with E-state index in [0.29, 0.717) is 6.61 Å². The number of esters is 1. The summed E-state index contributed by atoms with van der Waals surface area (Å²) in [6.07, 6.45) is 1.89. The van der Waals surface area contributed by atoms with E-state index in [1.807, 2.05) is 32.2 Å². The van der Waals surface area contributed by atoms with Crippen LogP contribution in [0.1, 0.15) is 25.3 Å².